The number of ether oxygens (including phenoxy) is 9. The second-order valence-electron chi connectivity index (χ2n) is 12.4. The van der Waals surface area contributed by atoms with E-state index in [9.17, 15) is 9.59 Å². The highest BCUT2D eigenvalue weighted by Crippen LogP contribution is 2.23. The molecular weight excluding hydrogens is 772 g/mol. The molecule has 326 valence electrons. The van der Waals surface area contributed by atoms with Crippen LogP contribution in [-0.2, 0) is 52.2 Å². The molecule has 0 aliphatic rings. The summed E-state index contributed by atoms with van der Waals surface area (Å²) in [6.45, 7) is 7.31. The third-order valence-corrected chi connectivity index (χ3v) is 7.97. The number of aromatic nitrogens is 3. The molecular formula is C39H59N8O12+. The van der Waals surface area contributed by atoms with Gasteiger partial charge in [-0.2, -0.15) is 9.97 Å². The van der Waals surface area contributed by atoms with Gasteiger partial charge in [-0.1, -0.05) is 5.92 Å². The minimum Gasteiger partial charge on any atom is -0.463 e. The average molecular weight is 832 g/mol. The lowest BCUT2D eigenvalue weighted by atomic mass is 10.0. The van der Waals surface area contributed by atoms with E-state index in [-0.39, 0.29) is 68.7 Å². The molecule has 59 heavy (non-hydrogen) atoms. The molecule has 0 fully saturated rings. The number of nitrogens with two attached hydrogens (primary N) is 3. The number of benzene rings is 1. The maximum absolute atomic E-state index is 12.2. The normalized spacial score (nSPS) is 11.2. The van der Waals surface area contributed by atoms with Crippen LogP contribution in [0.1, 0.15) is 36.8 Å². The largest absolute Gasteiger partial charge is 0.463 e. The van der Waals surface area contributed by atoms with Gasteiger partial charge in [-0.05, 0) is 31.0 Å². The number of carbonyl (C=O) groups is 2. The molecule has 3 aromatic rings. The number of carbonyl (C=O) groups excluding carboxylic acids is 2. The molecule has 2 heterocycles. The van der Waals surface area contributed by atoms with Crippen LogP contribution >= 0.6 is 0 Å². The van der Waals surface area contributed by atoms with E-state index in [2.05, 4.69) is 26.2 Å². The van der Waals surface area contributed by atoms with Crippen LogP contribution in [0, 0.1) is 17.8 Å². The van der Waals surface area contributed by atoms with Crippen molar-refractivity contribution >= 4 is 46.3 Å². The molecule has 0 atom stereocenters. The van der Waals surface area contributed by atoms with Gasteiger partial charge in [-0.25, -0.2) is 4.98 Å². The Labute approximate surface area is 344 Å². The highest BCUT2D eigenvalue weighted by Gasteiger charge is 2.20. The first-order valence-corrected chi connectivity index (χ1v) is 19.6. The first-order chi connectivity index (χ1) is 28.9. The average Bonchev–Trinajstić information content (AvgIpc) is 3.61. The number of hydrogen-bond acceptors (Lipinski definition) is 18. The van der Waals surface area contributed by atoms with Crippen molar-refractivity contribution in [3.63, 3.8) is 0 Å². The SMILES string of the molecule is C#CCOCCOCCOCCOCCC(=O)OCCOCCOCCOCCOCCC(=O)NCCCC[NH2+]c1ncnc(N)c1C(=N)c1ccc2oc(N)nc2c1. The van der Waals surface area contributed by atoms with Crippen LogP contribution < -0.4 is 22.1 Å². The van der Waals surface area contributed by atoms with Gasteiger partial charge in [0, 0.05) is 18.5 Å². The van der Waals surface area contributed by atoms with E-state index in [1.54, 1.807) is 18.2 Å². The summed E-state index contributed by atoms with van der Waals surface area (Å²) >= 11 is 0. The summed E-state index contributed by atoms with van der Waals surface area (Å²) < 4.78 is 53.4. The van der Waals surface area contributed by atoms with Gasteiger partial charge in [-0.15, -0.1) is 6.42 Å². The minimum absolute atomic E-state index is 0.0550. The number of oxazole rings is 1. The Morgan fingerprint density at radius 2 is 1.34 bits per heavy atom. The Morgan fingerprint density at radius 3 is 1.97 bits per heavy atom. The van der Waals surface area contributed by atoms with E-state index in [4.69, 9.17) is 70.3 Å². The molecule has 0 bridgehead atoms. The number of amides is 1. The van der Waals surface area contributed by atoms with Gasteiger partial charge >= 0.3 is 5.97 Å². The fourth-order valence-corrected chi connectivity index (χ4v) is 5.05. The number of anilines is 2. The number of unbranched alkanes of at least 4 members (excludes halogenated alkanes) is 1. The van der Waals surface area contributed by atoms with Gasteiger partial charge in [-0.3, -0.25) is 20.3 Å². The van der Waals surface area contributed by atoms with Crippen molar-refractivity contribution in [2.45, 2.75) is 25.7 Å². The third kappa shape index (κ3) is 21.7. The van der Waals surface area contributed by atoms with Crippen molar-refractivity contribution < 1.29 is 62.0 Å². The molecule has 0 spiro atoms. The monoisotopic (exact) mass is 831 g/mol. The van der Waals surface area contributed by atoms with Gasteiger partial charge < -0.3 is 63.8 Å². The fraction of sp³-hybridized carbons (Fsp3) is 0.590. The molecule has 0 saturated carbocycles. The van der Waals surface area contributed by atoms with Gasteiger partial charge in [0.1, 0.15) is 36.4 Å². The predicted octanol–water partition coefficient (Wildman–Crippen LogP) is 0.379. The lowest BCUT2D eigenvalue weighted by Gasteiger charge is -2.10. The van der Waals surface area contributed by atoms with Gasteiger partial charge in [0.05, 0.1) is 118 Å². The van der Waals surface area contributed by atoms with Crippen LogP contribution in [0.3, 0.4) is 0 Å². The standard InChI is InChI=1S/C39H58N8O12/c1-2-11-50-14-17-53-20-21-55-19-16-52-13-8-34(49)58-27-26-57-25-24-56-23-22-54-18-15-51-12-7-33(48)43-9-3-4-10-44-38-35(37(41)45-29-46-38)36(40)30-5-6-32-31(28-30)47-39(42)59-32/h1,5-6,28-29,40H,3-4,7-27H2,(H2,42,47)(H,43,48)(H3,41,44,45,46)/p+1. The van der Waals surface area contributed by atoms with Crippen molar-refractivity contribution in [1.82, 2.24) is 20.3 Å². The van der Waals surface area contributed by atoms with Crippen LogP contribution in [0.2, 0.25) is 0 Å². The number of esters is 1. The smallest absolute Gasteiger partial charge is 0.308 e. The minimum atomic E-state index is -0.359. The maximum Gasteiger partial charge on any atom is 0.308 e. The first kappa shape index (κ1) is 48.5. The quantitative estimate of drug-likeness (QED) is 0.0229. The van der Waals surface area contributed by atoms with Crippen LogP contribution in [-0.4, -0.2) is 158 Å². The summed E-state index contributed by atoms with van der Waals surface area (Å²) in [5.74, 6) is 2.70. The molecule has 0 radical (unpaired) electrons. The summed E-state index contributed by atoms with van der Waals surface area (Å²) in [5.41, 5.74) is 14.0. The summed E-state index contributed by atoms with van der Waals surface area (Å²) in [7, 11) is 0. The zero-order valence-corrected chi connectivity index (χ0v) is 33.6. The Balaban J connectivity index is 1.04. The number of nitrogens with zero attached hydrogens (tertiary/aromatic N) is 3. The molecule has 1 amide bonds. The third-order valence-electron chi connectivity index (χ3n) is 7.97. The summed E-state index contributed by atoms with van der Waals surface area (Å²) in [4.78, 5) is 36.5. The van der Waals surface area contributed by atoms with Crippen molar-refractivity contribution in [2.75, 3.05) is 137 Å². The molecule has 0 unspecified atom stereocenters. The number of hydrogen-bond donors (Lipinski definition) is 5. The van der Waals surface area contributed by atoms with Gasteiger partial charge in [0.2, 0.25) is 11.7 Å². The van der Waals surface area contributed by atoms with E-state index in [0.29, 0.717) is 127 Å². The number of nitrogen functional groups attached to an aromatic ring is 2. The lowest BCUT2D eigenvalue weighted by molar-refractivity contribution is -0.575. The zero-order chi connectivity index (χ0) is 42.2. The fourth-order valence-electron chi connectivity index (χ4n) is 5.05. The van der Waals surface area contributed by atoms with Gasteiger partial charge in [0.15, 0.2) is 5.58 Å². The Bertz CT molecular complexity index is 1690. The Morgan fingerprint density at radius 1 is 0.763 bits per heavy atom. The van der Waals surface area contributed by atoms with E-state index in [0.717, 1.165) is 12.8 Å². The molecule has 3 rings (SSSR count). The topological polar surface area (TPSA) is 274 Å². The Hall–Kier alpha value is -4.82. The van der Waals surface area contributed by atoms with Crippen molar-refractivity contribution in [1.29, 1.82) is 5.41 Å². The van der Waals surface area contributed by atoms with Gasteiger partial charge in [0.25, 0.3) is 6.01 Å². The molecule has 0 aliphatic heterocycles. The van der Waals surface area contributed by atoms with E-state index < -0.39 is 0 Å². The lowest BCUT2D eigenvalue weighted by Crippen LogP contribution is -2.79. The van der Waals surface area contributed by atoms with Crippen LogP contribution in [0.4, 0.5) is 17.7 Å². The van der Waals surface area contributed by atoms with E-state index in [1.807, 2.05) is 5.32 Å². The number of quaternary nitrogens is 1. The van der Waals surface area contributed by atoms with Crippen LogP contribution in [0.25, 0.3) is 11.1 Å². The highest BCUT2D eigenvalue weighted by atomic mass is 16.6. The van der Waals surface area contributed by atoms with Crippen LogP contribution in [0.5, 0.6) is 0 Å². The van der Waals surface area contributed by atoms with Crippen molar-refractivity contribution in [3.05, 3.63) is 35.7 Å². The van der Waals surface area contributed by atoms with E-state index >= 15 is 0 Å². The van der Waals surface area contributed by atoms with Crippen molar-refractivity contribution in [2.24, 2.45) is 0 Å². The Kier molecular flexibility index (Phi) is 25.6. The summed E-state index contributed by atoms with van der Waals surface area (Å²) in [6.07, 6.45) is 8.41. The molecule has 0 saturated heterocycles. The summed E-state index contributed by atoms with van der Waals surface area (Å²) in [5, 5.41) is 13.6. The molecule has 2 aromatic heterocycles. The second kappa shape index (κ2) is 31.1. The summed E-state index contributed by atoms with van der Waals surface area (Å²) in [6, 6.07) is 5.21. The number of fused-ring (bicyclic) bond motifs is 1. The second-order valence-corrected chi connectivity index (χ2v) is 12.4. The first-order valence-electron chi connectivity index (χ1n) is 19.6. The molecule has 20 nitrogen and oxygen atoms in total. The molecule has 0 aliphatic carbocycles. The number of nitrogens with one attached hydrogen (secondary N) is 2. The molecule has 8 N–H and O–H groups in total. The zero-order valence-electron chi connectivity index (χ0n) is 33.6. The molecule has 20 heteroatoms. The van der Waals surface area contributed by atoms with Crippen LogP contribution in [0.15, 0.2) is 28.9 Å². The number of rotatable bonds is 36. The number of terminal acetylenes is 1. The van der Waals surface area contributed by atoms with E-state index in [1.165, 1.54) is 6.33 Å². The highest BCUT2D eigenvalue weighted by molar-refractivity contribution is 6.16. The van der Waals surface area contributed by atoms with Crippen molar-refractivity contribution in [3.8, 4) is 12.3 Å². The molecule has 1 aromatic carbocycles. The predicted molar refractivity (Wildman–Crippen MR) is 215 cm³/mol. The maximum atomic E-state index is 12.2.